The quantitative estimate of drug-likeness (QED) is 0.308. The van der Waals surface area contributed by atoms with E-state index in [0.29, 0.717) is 29.7 Å². The highest BCUT2D eigenvalue weighted by atomic mass is 32.2. The normalized spacial score (nSPS) is 12.2. The number of rotatable bonds is 8. The first kappa shape index (κ1) is 23.2. The molecule has 0 saturated carbocycles. The number of carbonyl (C=O) groups excluding carboxylic acids is 1. The van der Waals surface area contributed by atoms with Gasteiger partial charge < -0.3 is 11.1 Å². The lowest BCUT2D eigenvalue weighted by Crippen LogP contribution is -2.24. The molecule has 0 heterocycles. The molecule has 1 unspecified atom stereocenters. The molecule has 0 aliphatic heterocycles. The molecule has 0 aliphatic rings. The zero-order chi connectivity index (χ0) is 23.3. The number of carbonyl (C=O) groups is 1. The second-order valence-electron chi connectivity index (χ2n) is 7.56. The van der Waals surface area contributed by atoms with Crippen LogP contribution in [-0.2, 0) is 21.2 Å². The molecule has 7 nitrogen and oxygen atoms in total. The van der Waals surface area contributed by atoms with Crippen LogP contribution < -0.4 is 16.2 Å². The lowest BCUT2D eigenvalue weighted by molar-refractivity contribution is -0.119. The number of nitrogens with two attached hydrogens (primary N) is 2. The zero-order valence-electron chi connectivity index (χ0n) is 17.7. The van der Waals surface area contributed by atoms with Gasteiger partial charge in [0, 0.05) is 17.2 Å². The topological polar surface area (TPSA) is 139 Å². The molecule has 3 aromatic rings. The average Bonchev–Trinajstić information content (AvgIpc) is 2.77. The van der Waals surface area contributed by atoms with E-state index in [9.17, 15) is 13.2 Å². The summed E-state index contributed by atoms with van der Waals surface area (Å²) in [6.45, 7) is 1.96. The van der Waals surface area contributed by atoms with Gasteiger partial charge in [0.25, 0.3) is 0 Å². The summed E-state index contributed by atoms with van der Waals surface area (Å²) in [5.74, 6) is -0.327. The highest BCUT2D eigenvalue weighted by Gasteiger charge is 2.18. The van der Waals surface area contributed by atoms with Crippen LogP contribution in [0.25, 0.3) is 11.1 Å². The Labute approximate surface area is 188 Å². The van der Waals surface area contributed by atoms with Crippen LogP contribution in [0, 0.1) is 11.3 Å². The average molecular weight is 451 g/mol. The Morgan fingerprint density at radius 2 is 1.69 bits per heavy atom. The number of amidine groups is 1. The molecule has 0 saturated heterocycles. The van der Waals surface area contributed by atoms with E-state index in [1.807, 2.05) is 37.3 Å². The first-order chi connectivity index (χ1) is 15.2. The molecule has 0 radical (unpaired) electrons. The van der Waals surface area contributed by atoms with Gasteiger partial charge in [-0.1, -0.05) is 49.4 Å². The predicted octanol–water partition coefficient (Wildman–Crippen LogP) is 3.49. The molecule has 0 fully saturated rings. The van der Waals surface area contributed by atoms with Gasteiger partial charge in [0.1, 0.15) is 5.84 Å². The van der Waals surface area contributed by atoms with E-state index >= 15 is 0 Å². The Morgan fingerprint density at radius 3 is 2.31 bits per heavy atom. The van der Waals surface area contributed by atoms with Gasteiger partial charge in [-0.2, -0.15) is 0 Å². The summed E-state index contributed by atoms with van der Waals surface area (Å²) >= 11 is 0. The maximum atomic E-state index is 12.8. The highest BCUT2D eigenvalue weighted by Crippen LogP contribution is 2.24. The summed E-state index contributed by atoms with van der Waals surface area (Å²) in [5.41, 5.74) is 9.32. The number of benzene rings is 3. The number of nitrogens with one attached hydrogen (secondary N) is 2. The number of nitrogen functional groups attached to an aromatic ring is 1. The van der Waals surface area contributed by atoms with E-state index < -0.39 is 10.0 Å². The summed E-state index contributed by atoms with van der Waals surface area (Å²) in [4.78, 5) is 12.9. The third kappa shape index (κ3) is 5.81. The second kappa shape index (κ2) is 9.76. The van der Waals surface area contributed by atoms with Gasteiger partial charge in [0.15, 0.2) is 0 Å². The number of hydrogen-bond donors (Lipinski definition) is 4. The number of hydrogen-bond acceptors (Lipinski definition) is 4. The molecule has 6 N–H and O–H groups in total. The number of anilines is 1. The van der Waals surface area contributed by atoms with Gasteiger partial charge in [-0.3, -0.25) is 10.2 Å². The molecule has 1 amide bonds. The zero-order valence-corrected chi connectivity index (χ0v) is 18.5. The molecule has 8 heteroatoms. The summed E-state index contributed by atoms with van der Waals surface area (Å²) in [6, 6.07) is 20.9. The maximum absolute atomic E-state index is 12.8. The van der Waals surface area contributed by atoms with E-state index in [2.05, 4.69) is 5.32 Å². The lowest BCUT2D eigenvalue weighted by atomic mass is 9.94. The van der Waals surface area contributed by atoms with E-state index in [0.717, 1.165) is 11.1 Å². The summed E-state index contributed by atoms with van der Waals surface area (Å²) in [5, 5.41) is 15.7. The van der Waals surface area contributed by atoms with Crippen LogP contribution in [0.4, 0.5) is 5.69 Å². The molecule has 32 heavy (non-hydrogen) atoms. The van der Waals surface area contributed by atoms with Crippen LogP contribution >= 0.6 is 0 Å². The molecule has 3 rings (SSSR count). The van der Waals surface area contributed by atoms with Crippen LogP contribution in [0.5, 0.6) is 0 Å². The van der Waals surface area contributed by atoms with E-state index in [1.54, 1.807) is 30.3 Å². The number of primary sulfonamides is 1. The SMILES string of the molecule is CCC(Cc1cccc(C(=N)N)c1)C(=O)Nc1ccc(-c2cccc(S(N)(=O)=O)c2)cc1. The van der Waals surface area contributed by atoms with Gasteiger partial charge in [-0.25, -0.2) is 13.6 Å². The minimum atomic E-state index is -3.78. The van der Waals surface area contributed by atoms with Crippen molar-refractivity contribution in [1.82, 2.24) is 0 Å². The van der Waals surface area contributed by atoms with Gasteiger partial charge in [-0.15, -0.1) is 0 Å². The minimum Gasteiger partial charge on any atom is -0.384 e. The van der Waals surface area contributed by atoms with Crippen molar-refractivity contribution in [1.29, 1.82) is 5.41 Å². The number of sulfonamides is 1. The predicted molar refractivity (Wildman–Crippen MR) is 127 cm³/mol. The van der Waals surface area contributed by atoms with Crippen molar-refractivity contribution >= 4 is 27.5 Å². The Bertz CT molecular complexity index is 1240. The van der Waals surface area contributed by atoms with Gasteiger partial charge >= 0.3 is 0 Å². The molecule has 1 atom stereocenters. The molecule has 0 spiro atoms. The molecular formula is C24H26N4O3S. The van der Waals surface area contributed by atoms with Crippen molar-refractivity contribution in [2.24, 2.45) is 16.8 Å². The van der Waals surface area contributed by atoms with Crippen molar-refractivity contribution < 1.29 is 13.2 Å². The highest BCUT2D eigenvalue weighted by molar-refractivity contribution is 7.89. The standard InChI is InChI=1S/C24H26N4O3S/c1-2-17(13-16-5-3-7-20(14-16)23(25)26)24(29)28-21-11-9-18(10-12-21)19-6-4-8-22(15-19)32(27,30)31/h3-12,14-15,17H,2,13H2,1H3,(H3,25,26)(H,28,29)(H2,27,30,31). The van der Waals surface area contributed by atoms with Gasteiger partial charge in [-0.05, 0) is 59.9 Å². The maximum Gasteiger partial charge on any atom is 0.238 e. The summed E-state index contributed by atoms with van der Waals surface area (Å²) in [7, 11) is -3.78. The molecule has 0 aromatic heterocycles. The fourth-order valence-corrected chi connectivity index (χ4v) is 3.98. The van der Waals surface area contributed by atoms with Crippen LogP contribution in [-0.4, -0.2) is 20.2 Å². The third-order valence-corrected chi connectivity index (χ3v) is 6.14. The molecular weight excluding hydrogens is 424 g/mol. The fraction of sp³-hybridized carbons (Fsp3) is 0.167. The van der Waals surface area contributed by atoms with Crippen LogP contribution in [0.3, 0.4) is 0 Å². The Kier molecular flexibility index (Phi) is 7.07. The smallest absolute Gasteiger partial charge is 0.238 e. The first-order valence-electron chi connectivity index (χ1n) is 10.1. The van der Waals surface area contributed by atoms with E-state index in [4.69, 9.17) is 16.3 Å². The molecule has 0 bridgehead atoms. The summed E-state index contributed by atoms with van der Waals surface area (Å²) < 4.78 is 23.2. The fourth-order valence-electron chi connectivity index (χ4n) is 3.42. The Balaban J connectivity index is 1.71. The Morgan fingerprint density at radius 1 is 1.00 bits per heavy atom. The van der Waals surface area contributed by atoms with Gasteiger partial charge in [0.2, 0.25) is 15.9 Å². The third-order valence-electron chi connectivity index (χ3n) is 5.23. The van der Waals surface area contributed by atoms with Gasteiger partial charge in [0.05, 0.1) is 4.90 Å². The van der Waals surface area contributed by atoms with Crippen molar-refractivity contribution in [3.8, 4) is 11.1 Å². The largest absolute Gasteiger partial charge is 0.384 e. The molecule has 166 valence electrons. The van der Waals surface area contributed by atoms with Crippen LogP contribution in [0.2, 0.25) is 0 Å². The van der Waals surface area contributed by atoms with Crippen LogP contribution in [0.1, 0.15) is 24.5 Å². The lowest BCUT2D eigenvalue weighted by Gasteiger charge is -2.16. The van der Waals surface area contributed by atoms with E-state index in [1.165, 1.54) is 12.1 Å². The minimum absolute atomic E-state index is 0.000890. The van der Waals surface area contributed by atoms with Crippen molar-refractivity contribution in [3.63, 3.8) is 0 Å². The molecule has 0 aliphatic carbocycles. The summed E-state index contributed by atoms with van der Waals surface area (Å²) in [6.07, 6.45) is 1.20. The number of amides is 1. The molecule has 3 aromatic carbocycles. The Hall–Kier alpha value is -3.49. The first-order valence-corrected chi connectivity index (χ1v) is 11.7. The second-order valence-corrected chi connectivity index (χ2v) is 9.12. The van der Waals surface area contributed by atoms with E-state index in [-0.39, 0.29) is 22.6 Å². The monoisotopic (exact) mass is 450 g/mol. The van der Waals surface area contributed by atoms with Crippen LogP contribution in [0.15, 0.2) is 77.7 Å². The van der Waals surface area contributed by atoms with Crippen molar-refractivity contribution in [2.75, 3.05) is 5.32 Å². The van der Waals surface area contributed by atoms with Crippen molar-refractivity contribution in [3.05, 3.63) is 83.9 Å². The van der Waals surface area contributed by atoms with Crippen molar-refractivity contribution in [2.45, 2.75) is 24.7 Å².